The second kappa shape index (κ2) is 8.17. The lowest BCUT2D eigenvalue weighted by Gasteiger charge is -2.34. The average Bonchev–Trinajstić information content (AvgIpc) is 3.17. The highest BCUT2D eigenvalue weighted by Gasteiger charge is 2.21. The molecular weight excluding hydrogens is 340 g/mol. The molecule has 1 N–H and O–H groups in total. The molecule has 0 unspecified atom stereocenters. The molecule has 1 amide bonds. The summed E-state index contributed by atoms with van der Waals surface area (Å²) in [7, 11) is 3.17. The highest BCUT2D eigenvalue weighted by atomic mass is 32.1. The van der Waals surface area contributed by atoms with E-state index >= 15 is 0 Å². The molecule has 1 aliphatic heterocycles. The fourth-order valence-corrected chi connectivity index (χ4v) is 3.47. The number of aromatic nitrogens is 1. The van der Waals surface area contributed by atoms with Gasteiger partial charge >= 0.3 is 0 Å². The number of methoxy groups -OCH3 is 2. The van der Waals surface area contributed by atoms with Gasteiger partial charge in [-0.15, -0.1) is 11.3 Å². The van der Waals surface area contributed by atoms with E-state index in [1.165, 1.54) is 0 Å². The molecule has 2 aromatic rings. The molecule has 8 heteroatoms. The molecule has 0 bridgehead atoms. The summed E-state index contributed by atoms with van der Waals surface area (Å²) in [6, 6.07) is 5.34. The zero-order valence-electron chi connectivity index (χ0n) is 14.4. The number of nitrogens with one attached hydrogen (secondary N) is 1. The maximum absolute atomic E-state index is 12.4. The number of anilines is 2. The van der Waals surface area contributed by atoms with Crippen molar-refractivity contribution in [3.8, 4) is 11.5 Å². The summed E-state index contributed by atoms with van der Waals surface area (Å²) >= 11 is 1.65. The van der Waals surface area contributed by atoms with Gasteiger partial charge in [-0.3, -0.25) is 9.69 Å². The maximum Gasteiger partial charge on any atom is 0.238 e. The molecule has 0 saturated carbocycles. The molecular formula is C17H22N4O3S. The van der Waals surface area contributed by atoms with E-state index in [1.54, 1.807) is 43.8 Å². The van der Waals surface area contributed by atoms with Gasteiger partial charge in [0.1, 0.15) is 11.5 Å². The molecule has 25 heavy (non-hydrogen) atoms. The molecule has 0 radical (unpaired) electrons. The number of ether oxygens (including phenoxy) is 2. The van der Waals surface area contributed by atoms with Crippen molar-refractivity contribution < 1.29 is 14.3 Å². The summed E-state index contributed by atoms with van der Waals surface area (Å²) in [5.41, 5.74) is 0.619. The molecule has 3 rings (SSSR count). The van der Waals surface area contributed by atoms with E-state index < -0.39 is 0 Å². The Kier molecular flexibility index (Phi) is 5.72. The predicted molar refractivity (Wildman–Crippen MR) is 98.9 cm³/mol. The Labute approximate surface area is 151 Å². The smallest absolute Gasteiger partial charge is 0.238 e. The van der Waals surface area contributed by atoms with Crippen molar-refractivity contribution in [3.63, 3.8) is 0 Å². The van der Waals surface area contributed by atoms with Crippen LogP contribution in [0.15, 0.2) is 29.8 Å². The van der Waals surface area contributed by atoms with Crippen LogP contribution in [0.1, 0.15) is 0 Å². The topological polar surface area (TPSA) is 66.9 Å². The Morgan fingerprint density at radius 1 is 1.24 bits per heavy atom. The van der Waals surface area contributed by atoms with E-state index in [9.17, 15) is 4.79 Å². The van der Waals surface area contributed by atoms with Gasteiger partial charge in [0.15, 0.2) is 5.13 Å². The summed E-state index contributed by atoms with van der Waals surface area (Å²) in [5, 5.41) is 5.94. The van der Waals surface area contributed by atoms with E-state index in [0.29, 0.717) is 23.7 Å². The third kappa shape index (κ3) is 4.40. The molecule has 1 aromatic carbocycles. The van der Waals surface area contributed by atoms with Crippen molar-refractivity contribution in [1.29, 1.82) is 0 Å². The van der Waals surface area contributed by atoms with Crippen LogP contribution in [0.25, 0.3) is 0 Å². The lowest BCUT2D eigenvalue weighted by atomic mass is 10.2. The Morgan fingerprint density at radius 2 is 2.04 bits per heavy atom. The van der Waals surface area contributed by atoms with Crippen LogP contribution in [0, 0.1) is 0 Å². The Hall–Kier alpha value is -2.32. The Balaban J connectivity index is 1.53. The number of carbonyl (C=O) groups excluding carboxylic acids is 1. The van der Waals surface area contributed by atoms with E-state index in [2.05, 4.69) is 20.1 Å². The minimum Gasteiger partial charge on any atom is -0.497 e. The highest BCUT2D eigenvalue weighted by Crippen LogP contribution is 2.28. The van der Waals surface area contributed by atoms with Gasteiger partial charge in [-0.1, -0.05) is 0 Å². The minimum absolute atomic E-state index is 0.0609. The second-order valence-corrected chi connectivity index (χ2v) is 6.57. The normalized spacial score (nSPS) is 15.0. The number of hydrogen-bond acceptors (Lipinski definition) is 7. The summed E-state index contributed by atoms with van der Waals surface area (Å²) in [6.07, 6.45) is 1.82. The Bertz CT molecular complexity index is 700. The van der Waals surface area contributed by atoms with Gasteiger partial charge in [0.2, 0.25) is 5.91 Å². The molecule has 2 heterocycles. The zero-order chi connectivity index (χ0) is 17.6. The lowest BCUT2D eigenvalue weighted by Crippen LogP contribution is -2.48. The summed E-state index contributed by atoms with van der Waals surface area (Å²) in [6.45, 7) is 3.78. The number of carbonyl (C=O) groups is 1. The molecule has 0 atom stereocenters. The van der Waals surface area contributed by atoms with E-state index in [1.807, 2.05) is 11.6 Å². The first-order valence-electron chi connectivity index (χ1n) is 8.08. The SMILES string of the molecule is COc1ccc(OC)c(NC(=O)CN2CCN(c3nccs3)CC2)c1. The van der Waals surface area contributed by atoms with Crippen molar-refractivity contribution in [2.45, 2.75) is 0 Å². The third-order valence-electron chi connectivity index (χ3n) is 4.11. The first kappa shape index (κ1) is 17.5. The van der Waals surface area contributed by atoms with Gasteiger partial charge in [0.25, 0.3) is 0 Å². The number of thiazole rings is 1. The third-order valence-corrected chi connectivity index (χ3v) is 4.94. The molecule has 134 valence electrons. The van der Waals surface area contributed by atoms with Gasteiger partial charge in [-0.2, -0.15) is 0 Å². The quantitative estimate of drug-likeness (QED) is 0.847. The molecule has 1 aromatic heterocycles. The molecule has 1 fully saturated rings. The molecule has 0 aliphatic carbocycles. The largest absolute Gasteiger partial charge is 0.497 e. The molecule has 1 aliphatic rings. The van der Waals surface area contributed by atoms with Crippen LogP contribution in [-0.4, -0.2) is 62.7 Å². The van der Waals surface area contributed by atoms with Gasteiger partial charge in [0, 0.05) is 43.8 Å². The van der Waals surface area contributed by atoms with Crippen molar-refractivity contribution >= 4 is 28.1 Å². The zero-order valence-corrected chi connectivity index (χ0v) is 15.2. The van der Waals surface area contributed by atoms with Crippen LogP contribution < -0.4 is 19.7 Å². The van der Waals surface area contributed by atoms with Gasteiger partial charge < -0.3 is 19.7 Å². The number of amides is 1. The lowest BCUT2D eigenvalue weighted by molar-refractivity contribution is -0.117. The fourth-order valence-electron chi connectivity index (χ4n) is 2.77. The average molecular weight is 362 g/mol. The van der Waals surface area contributed by atoms with Crippen molar-refractivity contribution in [2.75, 3.05) is 57.2 Å². The van der Waals surface area contributed by atoms with Crippen molar-refractivity contribution in [2.24, 2.45) is 0 Å². The summed E-state index contributed by atoms with van der Waals surface area (Å²) < 4.78 is 10.5. The van der Waals surface area contributed by atoms with Gasteiger partial charge in [-0.25, -0.2) is 4.98 Å². The second-order valence-electron chi connectivity index (χ2n) is 5.69. The molecule has 1 saturated heterocycles. The van der Waals surface area contributed by atoms with E-state index in [4.69, 9.17) is 9.47 Å². The van der Waals surface area contributed by atoms with Crippen molar-refractivity contribution in [1.82, 2.24) is 9.88 Å². The minimum atomic E-state index is -0.0609. The first-order valence-corrected chi connectivity index (χ1v) is 8.96. The predicted octanol–water partition coefficient (Wildman–Crippen LogP) is 1.92. The highest BCUT2D eigenvalue weighted by molar-refractivity contribution is 7.13. The Morgan fingerprint density at radius 3 is 2.68 bits per heavy atom. The summed E-state index contributed by atoms with van der Waals surface area (Å²) in [5.74, 6) is 1.23. The summed E-state index contributed by atoms with van der Waals surface area (Å²) in [4.78, 5) is 21.1. The maximum atomic E-state index is 12.4. The van der Waals surface area contributed by atoms with Crippen LogP contribution in [0.4, 0.5) is 10.8 Å². The van der Waals surface area contributed by atoms with Gasteiger partial charge in [0.05, 0.1) is 26.5 Å². The first-order chi connectivity index (χ1) is 12.2. The van der Waals surface area contributed by atoms with E-state index in [0.717, 1.165) is 31.3 Å². The van der Waals surface area contributed by atoms with E-state index in [-0.39, 0.29) is 5.91 Å². The fraction of sp³-hybridized carbons (Fsp3) is 0.412. The number of piperazine rings is 1. The molecule has 7 nitrogen and oxygen atoms in total. The van der Waals surface area contributed by atoms with Crippen LogP contribution in [0.2, 0.25) is 0 Å². The van der Waals surface area contributed by atoms with Crippen molar-refractivity contribution in [3.05, 3.63) is 29.8 Å². The monoisotopic (exact) mass is 362 g/mol. The number of hydrogen-bond donors (Lipinski definition) is 1. The standard InChI is InChI=1S/C17H22N4O3S/c1-23-13-3-4-15(24-2)14(11-13)19-16(22)12-20-6-8-21(9-7-20)17-18-5-10-25-17/h3-5,10-11H,6-9,12H2,1-2H3,(H,19,22). The number of rotatable bonds is 6. The van der Waals surface area contributed by atoms with Gasteiger partial charge in [-0.05, 0) is 12.1 Å². The van der Waals surface area contributed by atoms with Crippen LogP contribution in [-0.2, 0) is 4.79 Å². The molecule has 0 spiro atoms. The van der Waals surface area contributed by atoms with Crippen LogP contribution in [0.3, 0.4) is 0 Å². The number of benzene rings is 1. The van der Waals surface area contributed by atoms with Crippen LogP contribution >= 0.6 is 11.3 Å². The number of nitrogens with zero attached hydrogens (tertiary/aromatic N) is 3. The van der Waals surface area contributed by atoms with Crippen LogP contribution in [0.5, 0.6) is 11.5 Å².